The molecule has 1 fully saturated rings. The smallest absolute Gasteiger partial charge is 0.00462 e. The monoisotopic (exact) mass is 281 g/mol. The maximum Gasteiger partial charge on any atom is -0.00462 e. The summed E-state index contributed by atoms with van der Waals surface area (Å²) in [5, 5.41) is 0. The largest absolute Gasteiger partial charge is 0.330 e. The summed E-state index contributed by atoms with van der Waals surface area (Å²) < 4.78 is 0. The van der Waals surface area contributed by atoms with Gasteiger partial charge in [-0.05, 0) is 37.1 Å². The van der Waals surface area contributed by atoms with E-state index in [1.807, 2.05) is 0 Å². The summed E-state index contributed by atoms with van der Waals surface area (Å²) in [6.45, 7) is 5.58. The second-order valence-corrected chi connectivity index (χ2v) is 7.11. The van der Waals surface area contributed by atoms with E-state index in [0.717, 1.165) is 24.3 Å². The molecule has 120 valence electrons. The van der Waals surface area contributed by atoms with Crippen LogP contribution in [0.4, 0.5) is 0 Å². The fraction of sp³-hybridized carbons (Fsp3) is 1.00. The molecule has 1 nitrogen and oxygen atoms in total. The Balaban J connectivity index is 2.06. The van der Waals surface area contributed by atoms with Crippen LogP contribution in [0.1, 0.15) is 97.3 Å². The molecule has 1 heteroatoms. The SMILES string of the molecule is CCCCCCCCCCC1CC(CC)CCC1CN. The van der Waals surface area contributed by atoms with Crippen LogP contribution in [0.15, 0.2) is 0 Å². The highest BCUT2D eigenvalue weighted by molar-refractivity contribution is 4.80. The second kappa shape index (κ2) is 11.6. The second-order valence-electron chi connectivity index (χ2n) is 7.11. The fourth-order valence-electron chi connectivity index (χ4n) is 4.00. The number of nitrogens with two attached hydrogens (primary N) is 1. The maximum atomic E-state index is 5.98. The van der Waals surface area contributed by atoms with Crippen LogP contribution in [0, 0.1) is 17.8 Å². The van der Waals surface area contributed by atoms with E-state index in [1.165, 1.54) is 83.5 Å². The van der Waals surface area contributed by atoms with Crippen LogP contribution < -0.4 is 5.73 Å². The quantitative estimate of drug-likeness (QED) is 0.467. The summed E-state index contributed by atoms with van der Waals surface area (Å²) in [5.41, 5.74) is 5.98. The van der Waals surface area contributed by atoms with Crippen molar-refractivity contribution in [2.75, 3.05) is 6.54 Å². The van der Waals surface area contributed by atoms with Gasteiger partial charge in [-0.25, -0.2) is 0 Å². The Morgan fingerprint density at radius 2 is 1.45 bits per heavy atom. The molecule has 0 radical (unpaired) electrons. The molecule has 1 rings (SSSR count). The lowest BCUT2D eigenvalue weighted by atomic mass is 9.71. The lowest BCUT2D eigenvalue weighted by Crippen LogP contribution is -2.30. The van der Waals surface area contributed by atoms with Gasteiger partial charge in [0.15, 0.2) is 0 Å². The molecular formula is C19H39N. The molecule has 1 saturated carbocycles. The van der Waals surface area contributed by atoms with Gasteiger partial charge in [0.1, 0.15) is 0 Å². The third kappa shape index (κ3) is 7.11. The van der Waals surface area contributed by atoms with E-state index >= 15 is 0 Å². The van der Waals surface area contributed by atoms with E-state index in [-0.39, 0.29) is 0 Å². The minimum atomic E-state index is 0.836. The van der Waals surface area contributed by atoms with Gasteiger partial charge in [-0.2, -0.15) is 0 Å². The fourth-order valence-corrected chi connectivity index (χ4v) is 4.00. The van der Waals surface area contributed by atoms with E-state index < -0.39 is 0 Å². The predicted molar refractivity (Wildman–Crippen MR) is 90.9 cm³/mol. The minimum absolute atomic E-state index is 0.836. The Morgan fingerprint density at radius 1 is 0.800 bits per heavy atom. The Kier molecular flexibility index (Phi) is 10.4. The lowest BCUT2D eigenvalue weighted by molar-refractivity contribution is 0.168. The van der Waals surface area contributed by atoms with Gasteiger partial charge in [0, 0.05) is 0 Å². The highest BCUT2D eigenvalue weighted by Crippen LogP contribution is 2.37. The molecule has 20 heavy (non-hydrogen) atoms. The van der Waals surface area contributed by atoms with Crippen molar-refractivity contribution in [3.8, 4) is 0 Å². The van der Waals surface area contributed by atoms with E-state index in [9.17, 15) is 0 Å². The summed E-state index contributed by atoms with van der Waals surface area (Å²) in [4.78, 5) is 0. The van der Waals surface area contributed by atoms with Crippen molar-refractivity contribution in [2.45, 2.75) is 97.3 Å². The molecule has 2 N–H and O–H groups in total. The third-order valence-corrected chi connectivity index (χ3v) is 5.56. The summed E-state index contributed by atoms with van der Waals surface area (Å²) >= 11 is 0. The van der Waals surface area contributed by atoms with Crippen LogP contribution >= 0.6 is 0 Å². The molecule has 0 saturated heterocycles. The molecule has 0 aromatic rings. The van der Waals surface area contributed by atoms with Crippen molar-refractivity contribution in [3.63, 3.8) is 0 Å². The van der Waals surface area contributed by atoms with Crippen LogP contribution in [0.5, 0.6) is 0 Å². The molecule has 0 spiro atoms. The summed E-state index contributed by atoms with van der Waals surface area (Å²) in [5.74, 6) is 2.78. The maximum absolute atomic E-state index is 5.98. The van der Waals surface area contributed by atoms with Crippen molar-refractivity contribution in [3.05, 3.63) is 0 Å². The van der Waals surface area contributed by atoms with Crippen molar-refractivity contribution in [2.24, 2.45) is 23.5 Å². The zero-order valence-electron chi connectivity index (χ0n) is 14.2. The minimum Gasteiger partial charge on any atom is -0.330 e. The van der Waals surface area contributed by atoms with Crippen LogP contribution in [-0.4, -0.2) is 6.54 Å². The zero-order chi connectivity index (χ0) is 14.6. The predicted octanol–water partition coefficient (Wildman–Crippen LogP) is 5.92. The van der Waals surface area contributed by atoms with E-state index in [2.05, 4.69) is 13.8 Å². The first-order valence-electron chi connectivity index (χ1n) is 9.51. The normalized spacial score (nSPS) is 26.9. The highest BCUT2D eigenvalue weighted by Gasteiger charge is 2.28. The molecule has 0 aromatic heterocycles. The molecule has 0 aliphatic heterocycles. The Labute approximate surface area is 128 Å². The first-order valence-corrected chi connectivity index (χ1v) is 9.51. The highest BCUT2D eigenvalue weighted by atomic mass is 14.6. The Morgan fingerprint density at radius 3 is 2.05 bits per heavy atom. The van der Waals surface area contributed by atoms with Crippen LogP contribution in [0.2, 0.25) is 0 Å². The first-order chi connectivity index (χ1) is 9.81. The van der Waals surface area contributed by atoms with Crippen molar-refractivity contribution in [1.82, 2.24) is 0 Å². The summed E-state index contributed by atoms with van der Waals surface area (Å²) in [6, 6.07) is 0. The molecule has 3 unspecified atom stereocenters. The van der Waals surface area contributed by atoms with Gasteiger partial charge in [0.25, 0.3) is 0 Å². The van der Waals surface area contributed by atoms with Gasteiger partial charge < -0.3 is 5.73 Å². The van der Waals surface area contributed by atoms with Crippen LogP contribution in [-0.2, 0) is 0 Å². The summed E-state index contributed by atoms with van der Waals surface area (Å²) in [6.07, 6.45) is 18.7. The molecule has 3 atom stereocenters. The van der Waals surface area contributed by atoms with Crippen molar-refractivity contribution < 1.29 is 0 Å². The van der Waals surface area contributed by atoms with Crippen LogP contribution in [0.3, 0.4) is 0 Å². The van der Waals surface area contributed by atoms with E-state index in [0.29, 0.717) is 0 Å². The van der Waals surface area contributed by atoms with Gasteiger partial charge in [-0.3, -0.25) is 0 Å². The van der Waals surface area contributed by atoms with Gasteiger partial charge in [0.05, 0.1) is 0 Å². The molecule has 0 bridgehead atoms. The van der Waals surface area contributed by atoms with Crippen molar-refractivity contribution in [1.29, 1.82) is 0 Å². The Hall–Kier alpha value is -0.0400. The lowest BCUT2D eigenvalue weighted by Gasteiger charge is -2.35. The van der Waals surface area contributed by atoms with Gasteiger partial charge in [-0.1, -0.05) is 84.5 Å². The summed E-state index contributed by atoms with van der Waals surface area (Å²) in [7, 11) is 0. The van der Waals surface area contributed by atoms with Crippen molar-refractivity contribution >= 4 is 0 Å². The average Bonchev–Trinajstić information content (AvgIpc) is 2.49. The van der Waals surface area contributed by atoms with Gasteiger partial charge in [0.2, 0.25) is 0 Å². The zero-order valence-corrected chi connectivity index (χ0v) is 14.2. The number of rotatable bonds is 11. The van der Waals surface area contributed by atoms with Gasteiger partial charge >= 0.3 is 0 Å². The number of unbranched alkanes of at least 4 members (excludes halogenated alkanes) is 7. The average molecular weight is 282 g/mol. The molecule has 0 heterocycles. The molecule has 0 amide bonds. The third-order valence-electron chi connectivity index (χ3n) is 5.56. The molecule has 1 aliphatic carbocycles. The van der Waals surface area contributed by atoms with Gasteiger partial charge in [-0.15, -0.1) is 0 Å². The number of hydrogen-bond acceptors (Lipinski definition) is 1. The topological polar surface area (TPSA) is 26.0 Å². The first kappa shape index (κ1) is 18.0. The molecule has 1 aliphatic rings. The standard InChI is InChI=1S/C19H39N/c1-3-5-6-7-8-9-10-11-12-18-15-17(4-2)13-14-19(18)16-20/h17-19H,3-16,20H2,1-2H3. The number of hydrogen-bond donors (Lipinski definition) is 1. The van der Waals surface area contributed by atoms with Crippen LogP contribution in [0.25, 0.3) is 0 Å². The van der Waals surface area contributed by atoms with E-state index in [4.69, 9.17) is 5.73 Å². The van der Waals surface area contributed by atoms with E-state index in [1.54, 1.807) is 0 Å². The molecule has 0 aromatic carbocycles. The Bertz CT molecular complexity index is 214. The molecular weight excluding hydrogens is 242 g/mol.